The molecule has 0 fully saturated rings. The molecule has 0 aliphatic carbocycles. The maximum Gasteiger partial charge on any atom is 0.251 e. The average molecular weight is 362 g/mol. The molecule has 0 bridgehead atoms. The first-order valence-corrected chi connectivity index (χ1v) is 8.06. The van der Waals surface area contributed by atoms with Crippen molar-refractivity contribution < 1.29 is 9.90 Å². The lowest BCUT2D eigenvalue weighted by atomic mass is 9.96. The molecule has 22 heavy (non-hydrogen) atoms. The van der Waals surface area contributed by atoms with Crippen LogP contribution in [0.15, 0.2) is 59.1 Å². The van der Waals surface area contributed by atoms with E-state index in [-0.39, 0.29) is 12.5 Å². The van der Waals surface area contributed by atoms with E-state index in [0.29, 0.717) is 12.0 Å². The molecule has 0 saturated carbocycles. The number of nitrogens with one attached hydrogen (secondary N) is 1. The number of rotatable bonds is 6. The Kier molecular flexibility index (Phi) is 5.75. The zero-order chi connectivity index (χ0) is 16.0. The van der Waals surface area contributed by atoms with E-state index in [9.17, 15) is 9.90 Å². The van der Waals surface area contributed by atoms with Crippen LogP contribution in [0, 0.1) is 0 Å². The van der Waals surface area contributed by atoms with Crippen molar-refractivity contribution in [2.45, 2.75) is 25.4 Å². The van der Waals surface area contributed by atoms with E-state index in [4.69, 9.17) is 0 Å². The number of aliphatic hydroxyl groups is 1. The molecule has 0 radical (unpaired) electrons. The van der Waals surface area contributed by atoms with Crippen LogP contribution in [0.25, 0.3) is 0 Å². The average Bonchev–Trinajstić information content (AvgIpc) is 2.53. The molecule has 0 unspecified atom stereocenters. The molecule has 2 rings (SSSR count). The topological polar surface area (TPSA) is 49.3 Å². The number of carbonyl (C=O) groups excluding carboxylic acids is 1. The fraction of sp³-hybridized carbons (Fsp3) is 0.278. The largest absolute Gasteiger partial charge is 0.388 e. The Bertz CT molecular complexity index is 609. The maximum absolute atomic E-state index is 12.0. The Morgan fingerprint density at radius 2 is 1.77 bits per heavy atom. The van der Waals surface area contributed by atoms with Gasteiger partial charge in [0.05, 0.1) is 5.60 Å². The zero-order valence-electron chi connectivity index (χ0n) is 12.6. The Hall–Kier alpha value is -1.65. The molecule has 0 aliphatic rings. The molecule has 0 spiro atoms. The molecule has 0 aliphatic heterocycles. The van der Waals surface area contributed by atoms with E-state index in [0.717, 1.165) is 10.9 Å². The van der Waals surface area contributed by atoms with Gasteiger partial charge >= 0.3 is 0 Å². The van der Waals surface area contributed by atoms with Gasteiger partial charge in [0.15, 0.2) is 0 Å². The van der Waals surface area contributed by atoms with Gasteiger partial charge in [-0.15, -0.1) is 0 Å². The summed E-state index contributed by atoms with van der Waals surface area (Å²) in [5.41, 5.74) is 0.838. The summed E-state index contributed by atoms with van der Waals surface area (Å²) in [6, 6.07) is 17.2. The highest BCUT2D eigenvalue weighted by molar-refractivity contribution is 9.10. The fourth-order valence-electron chi connectivity index (χ4n) is 2.12. The van der Waals surface area contributed by atoms with Gasteiger partial charge in [0.1, 0.15) is 0 Å². The third kappa shape index (κ3) is 5.28. The molecule has 1 atom stereocenters. The molecule has 2 N–H and O–H groups in total. The van der Waals surface area contributed by atoms with Crippen LogP contribution in [0.4, 0.5) is 0 Å². The second-order valence-electron chi connectivity index (χ2n) is 5.67. The summed E-state index contributed by atoms with van der Waals surface area (Å²) in [6.07, 6.45) is 1.37. The molecule has 3 nitrogen and oxygen atoms in total. The minimum atomic E-state index is -0.930. The number of amides is 1. The second-order valence-corrected chi connectivity index (χ2v) is 6.59. The van der Waals surface area contributed by atoms with Crippen molar-refractivity contribution in [1.29, 1.82) is 0 Å². The highest BCUT2D eigenvalue weighted by Gasteiger charge is 2.21. The van der Waals surface area contributed by atoms with Crippen molar-refractivity contribution >= 4 is 21.8 Å². The summed E-state index contributed by atoms with van der Waals surface area (Å²) in [4.78, 5) is 12.0. The van der Waals surface area contributed by atoms with Gasteiger partial charge in [0.25, 0.3) is 5.91 Å². The van der Waals surface area contributed by atoms with Gasteiger partial charge in [-0.05, 0) is 49.6 Å². The van der Waals surface area contributed by atoms with E-state index >= 15 is 0 Å². The van der Waals surface area contributed by atoms with Crippen LogP contribution < -0.4 is 5.32 Å². The van der Waals surface area contributed by atoms with E-state index in [1.165, 1.54) is 5.56 Å². The van der Waals surface area contributed by atoms with Crippen LogP contribution in [-0.4, -0.2) is 23.2 Å². The molecule has 0 aromatic heterocycles. The Balaban J connectivity index is 1.83. The summed E-state index contributed by atoms with van der Waals surface area (Å²) < 4.78 is 0.930. The molecule has 2 aromatic carbocycles. The summed E-state index contributed by atoms with van der Waals surface area (Å²) in [5.74, 6) is -0.174. The van der Waals surface area contributed by atoms with Gasteiger partial charge in [-0.1, -0.05) is 46.3 Å². The summed E-state index contributed by atoms with van der Waals surface area (Å²) >= 11 is 3.34. The number of benzene rings is 2. The molecule has 116 valence electrons. The van der Waals surface area contributed by atoms with Crippen molar-refractivity contribution in [2.24, 2.45) is 0 Å². The number of hydrogen-bond donors (Lipinski definition) is 2. The van der Waals surface area contributed by atoms with Crippen molar-refractivity contribution in [3.05, 3.63) is 70.2 Å². The van der Waals surface area contributed by atoms with Gasteiger partial charge in [0, 0.05) is 16.6 Å². The number of carbonyl (C=O) groups is 1. The van der Waals surface area contributed by atoms with Crippen molar-refractivity contribution in [2.75, 3.05) is 6.54 Å². The van der Waals surface area contributed by atoms with Crippen LogP contribution in [0.5, 0.6) is 0 Å². The highest BCUT2D eigenvalue weighted by atomic mass is 79.9. The normalized spacial score (nSPS) is 13.4. The molecule has 1 amide bonds. The monoisotopic (exact) mass is 361 g/mol. The van der Waals surface area contributed by atoms with Gasteiger partial charge in [-0.3, -0.25) is 4.79 Å². The summed E-state index contributed by atoms with van der Waals surface area (Å²) in [7, 11) is 0. The summed E-state index contributed by atoms with van der Waals surface area (Å²) in [5, 5.41) is 13.2. The Labute approximate surface area is 139 Å². The van der Waals surface area contributed by atoms with Crippen LogP contribution in [0.2, 0.25) is 0 Å². The molecule has 4 heteroatoms. The second kappa shape index (κ2) is 7.56. The highest BCUT2D eigenvalue weighted by Crippen LogP contribution is 2.14. The molecule has 0 saturated heterocycles. The van der Waals surface area contributed by atoms with Crippen LogP contribution in [0.3, 0.4) is 0 Å². The van der Waals surface area contributed by atoms with E-state index in [2.05, 4.69) is 21.2 Å². The predicted octanol–water partition coefficient (Wildman–Crippen LogP) is 3.56. The SMILES string of the molecule is C[C@@](O)(CCc1ccccc1)CNC(=O)c1ccc(Br)cc1. The Morgan fingerprint density at radius 1 is 1.14 bits per heavy atom. The quantitative estimate of drug-likeness (QED) is 0.826. The van der Waals surface area contributed by atoms with E-state index in [1.807, 2.05) is 42.5 Å². The number of halogens is 1. The predicted molar refractivity (Wildman–Crippen MR) is 91.9 cm³/mol. The molecule has 2 aromatic rings. The minimum Gasteiger partial charge on any atom is -0.388 e. The molecular weight excluding hydrogens is 342 g/mol. The summed E-state index contributed by atoms with van der Waals surface area (Å²) in [6.45, 7) is 1.98. The number of hydrogen-bond acceptors (Lipinski definition) is 2. The van der Waals surface area contributed by atoms with Gasteiger partial charge in [-0.25, -0.2) is 0 Å². The first-order valence-electron chi connectivity index (χ1n) is 7.26. The van der Waals surface area contributed by atoms with Crippen molar-refractivity contribution in [3.63, 3.8) is 0 Å². The third-order valence-corrected chi connectivity index (χ3v) is 4.06. The third-order valence-electron chi connectivity index (χ3n) is 3.53. The lowest BCUT2D eigenvalue weighted by Crippen LogP contribution is -2.41. The van der Waals surface area contributed by atoms with Crippen LogP contribution in [-0.2, 0) is 6.42 Å². The lowest BCUT2D eigenvalue weighted by molar-refractivity contribution is 0.0478. The van der Waals surface area contributed by atoms with Crippen LogP contribution in [0.1, 0.15) is 29.3 Å². The van der Waals surface area contributed by atoms with E-state index in [1.54, 1.807) is 19.1 Å². The van der Waals surface area contributed by atoms with Gasteiger partial charge in [-0.2, -0.15) is 0 Å². The molecular formula is C18H20BrNO2. The minimum absolute atomic E-state index is 0.174. The molecule has 0 heterocycles. The van der Waals surface area contributed by atoms with Crippen molar-refractivity contribution in [1.82, 2.24) is 5.32 Å². The van der Waals surface area contributed by atoms with E-state index < -0.39 is 5.60 Å². The van der Waals surface area contributed by atoms with Crippen LogP contribution >= 0.6 is 15.9 Å². The Morgan fingerprint density at radius 3 is 2.41 bits per heavy atom. The lowest BCUT2D eigenvalue weighted by Gasteiger charge is -2.23. The fourth-order valence-corrected chi connectivity index (χ4v) is 2.39. The smallest absolute Gasteiger partial charge is 0.251 e. The van der Waals surface area contributed by atoms with Gasteiger partial charge in [0.2, 0.25) is 0 Å². The standard InChI is InChI=1S/C18H20BrNO2/c1-18(22,12-11-14-5-3-2-4-6-14)13-20-17(21)15-7-9-16(19)10-8-15/h2-10,22H,11-13H2,1H3,(H,20,21)/t18-/m1/s1. The maximum atomic E-state index is 12.0. The number of aryl methyl sites for hydroxylation is 1. The first kappa shape index (κ1) is 16.7. The first-order chi connectivity index (χ1) is 10.5. The zero-order valence-corrected chi connectivity index (χ0v) is 14.1. The van der Waals surface area contributed by atoms with Gasteiger partial charge < -0.3 is 10.4 Å². The van der Waals surface area contributed by atoms with Crippen molar-refractivity contribution in [3.8, 4) is 0 Å².